The fraction of sp³-hybridized carbons (Fsp3) is 0.727. The molecule has 0 aromatic rings. The van der Waals surface area contributed by atoms with Crippen LogP contribution >= 0.6 is 0 Å². The topological polar surface area (TPSA) is 113 Å². The van der Waals surface area contributed by atoms with E-state index in [9.17, 15) is 14.4 Å². The average Bonchev–Trinajstić information content (AvgIpc) is 2.92. The van der Waals surface area contributed by atoms with E-state index in [4.69, 9.17) is 10.8 Å². The maximum Gasteiger partial charge on any atom is 0.326 e. The maximum atomic E-state index is 11.7. The van der Waals surface area contributed by atoms with Gasteiger partial charge in [-0.2, -0.15) is 0 Å². The number of aliphatic carboxylic acids is 1. The van der Waals surface area contributed by atoms with Crippen molar-refractivity contribution in [2.24, 2.45) is 17.6 Å². The van der Waals surface area contributed by atoms with Crippen LogP contribution in [0.15, 0.2) is 0 Å². The van der Waals surface area contributed by atoms with Crippen LogP contribution in [0.1, 0.15) is 19.8 Å². The quantitative estimate of drug-likeness (QED) is 0.601. The molecule has 1 fully saturated rings. The van der Waals surface area contributed by atoms with Crippen molar-refractivity contribution in [2.45, 2.75) is 25.8 Å². The number of rotatable bonds is 6. The standard InChI is InChI=1S/C11H19N3O4/c1-6-3-7(6)5-14(2)11(18)13-8(10(16)17)4-9(12)15/h6-8H,3-5H2,1-2H3,(H2,12,15)(H,13,18)(H,16,17)/t6?,7?,8-/m1/s1. The molecule has 0 bridgehead atoms. The van der Waals surface area contributed by atoms with Gasteiger partial charge in [0.2, 0.25) is 5.91 Å². The Bertz CT molecular complexity index is 358. The molecular weight excluding hydrogens is 238 g/mol. The van der Waals surface area contributed by atoms with Gasteiger partial charge in [-0.3, -0.25) is 4.79 Å². The molecule has 2 unspecified atom stereocenters. The molecule has 0 aromatic heterocycles. The van der Waals surface area contributed by atoms with E-state index >= 15 is 0 Å². The molecule has 18 heavy (non-hydrogen) atoms. The summed E-state index contributed by atoms with van der Waals surface area (Å²) in [6.45, 7) is 2.69. The van der Waals surface area contributed by atoms with Gasteiger partial charge in [0.1, 0.15) is 6.04 Å². The molecule has 1 aliphatic rings. The summed E-state index contributed by atoms with van der Waals surface area (Å²) in [5, 5.41) is 11.1. The van der Waals surface area contributed by atoms with Gasteiger partial charge >= 0.3 is 12.0 Å². The zero-order valence-corrected chi connectivity index (χ0v) is 10.5. The number of primary amides is 1. The lowest BCUT2D eigenvalue weighted by atomic mass is 10.2. The van der Waals surface area contributed by atoms with Gasteiger partial charge in [-0.15, -0.1) is 0 Å². The monoisotopic (exact) mass is 257 g/mol. The summed E-state index contributed by atoms with van der Waals surface area (Å²) in [6.07, 6.45) is 0.677. The smallest absolute Gasteiger partial charge is 0.326 e. The molecular formula is C11H19N3O4. The van der Waals surface area contributed by atoms with Crippen LogP contribution in [0.2, 0.25) is 0 Å². The van der Waals surface area contributed by atoms with Crippen LogP contribution in [-0.2, 0) is 9.59 Å². The second-order valence-corrected chi connectivity index (χ2v) is 4.86. The van der Waals surface area contributed by atoms with Crippen molar-refractivity contribution in [2.75, 3.05) is 13.6 Å². The number of nitrogens with zero attached hydrogens (tertiary/aromatic N) is 1. The fourth-order valence-corrected chi connectivity index (χ4v) is 1.75. The van der Waals surface area contributed by atoms with Gasteiger partial charge in [-0.1, -0.05) is 6.92 Å². The molecule has 3 amide bonds. The maximum absolute atomic E-state index is 11.7. The second-order valence-electron chi connectivity index (χ2n) is 4.86. The van der Waals surface area contributed by atoms with Crippen molar-refractivity contribution in [3.63, 3.8) is 0 Å². The van der Waals surface area contributed by atoms with Crippen LogP contribution in [0.25, 0.3) is 0 Å². The second kappa shape index (κ2) is 5.70. The van der Waals surface area contributed by atoms with E-state index in [-0.39, 0.29) is 0 Å². The Hall–Kier alpha value is -1.79. The van der Waals surface area contributed by atoms with Crippen molar-refractivity contribution < 1.29 is 19.5 Å². The van der Waals surface area contributed by atoms with Crippen LogP contribution in [-0.4, -0.2) is 47.5 Å². The number of hydrogen-bond donors (Lipinski definition) is 3. The average molecular weight is 257 g/mol. The first-order valence-electron chi connectivity index (χ1n) is 5.84. The number of hydrogen-bond acceptors (Lipinski definition) is 3. The summed E-state index contributed by atoms with van der Waals surface area (Å²) in [6, 6.07) is -1.77. The molecule has 0 heterocycles. The van der Waals surface area contributed by atoms with E-state index < -0.39 is 30.4 Å². The van der Waals surface area contributed by atoms with Gasteiger partial charge in [0.05, 0.1) is 6.42 Å². The van der Waals surface area contributed by atoms with Gasteiger partial charge in [0.25, 0.3) is 0 Å². The molecule has 4 N–H and O–H groups in total. The van der Waals surface area contributed by atoms with E-state index in [1.54, 1.807) is 7.05 Å². The van der Waals surface area contributed by atoms with Crippen LogP contribution in [0, 0.1) is 11.8 Å². The molecule has 0 aromatic carbocycles. The lowest BCUT2D eigenvalue weighted by molar-refractivity contribution is -0.140. The summed E-state index contributed by atoms with van der Waals surface area (Å²) >= 11 is 0. The number of urea groups is 1. The van der Waals surface area contributed by atoms with Gasteiger partial charge in [-0.25, -0.2) is 9.59 Å². The van der Waals surface area contributed by atoms with E-state index in [1.807, 2.05) is 0 Å². The minimum absolute atomic E-state index is 0.408. The number of nitrogens with one attached hydrogen (secondary N) is 1. The molecule has 0 radical (unpaired) electrons. The Kier molecular flexibility index (Phi) is 4.52. The zero-order chi connectivity index (χ0) is 13.9. The Balaban J connectivity index is 2.44. The highest BCUT2D eigenvalue weighted by Crippen LogP contribution is 2.37. The van der Waals surface area contributed by atoms with Crippen LogP contribution < -0.4 is 11.1 Å². The highest BCUT2D eigenvalue weighted by atomic mass is 16.4. The van der Waals surface area contributed by atoms with Crippen molar-refractivity contribution in [1.82, 2.24) is 10.2 Å². The molecule has 1 saturated carbocycles. The number of nitrogens with two attached hydrogens (primary N) is 1. The molecule has 0 saturated heterocycles. The van der Waals surface area contributed by atoms with E-state index in [0.29, 0.717) is 18.4 Å². The molecule has 1 rings (SSSR count). The van der Waals surface area contributed by atoms with Crippen molar-refractivity contribution >= 4 is 17.9 Å². The third-order valence-corrected chi connectivity index (χ3v) is 3.13. The Morgan fingerprint density at radius 3 is 2.44 bits per heavy atom. The molecule has 3 atom stereocenters. The Morgan fingerprint density at radius 2 is 2.06 bits per heavy atom. The van der Waals surface area contributed by atoms with E-state index in [1.165, 1.54) is 4.90 Å². The molecule has 7 nitrogen and oxygen atoms in total. The Morgan fingerprint density at radius 1 is 1.50 bits per heavy atom. The van der Waals surface area contributed by atoms with Crippen LogP contribution in [0.4, 0.5) is 4.79 Å². The molecule has 0 spiro atoms. The zero-order valence-electron chi connectivity index (χ0n) is 10.5. The van der Waals surface area contributed by atoms with Gasteiger partial charge in [0.15, 0.2) is 0 Å². The first-order chi connectivity index (χ1) is 8.31. The summed E-state index contributed by atoms with van der Waals surface area (Å²) in [5.74, 6) is -0.933. The van der Waals surface area contributed by atoms with E-state index in [0.717, 1.165) is 6.42 Å². The fourth-order valence-electron chi connectivity index (χ4n) is 1.75. The van der Waals surface area contributed by atoms with Crippen LogP contribution in [0.3, 0.4) is 0 Å². The third kappa shape index (κ3) is 4.23. The predicted molar refractivity (Wildman–Crippen MR) is 63.7 cm³/mol. The normalized spacial score (nSPS) is 23.0. The summed E-state index contributed by atoms with van der Waals surface area (Å²) in [7, 11) is 1.60. The SMILES string of the molecule is CC1CC1CN(C)C(=O)N[C@H](CC(N)=O)C(=O)O. The largest absolute Gasteiger partial charge is 0.480 e. The van der Waals surface area contributed by atoms with Crippen molar-refractivity contribution in [1.29, 1.82) is 0 Å². The van der Waals surface area contributed by atoms with Crippen molar-refractivity contribution in [3.8, 4) is 0 Å². The summed E-state index contributed by atoms with van der Waals surface area (Å²) < 4.78 is 0. The van der Waals surface area contributed by atoms with E-state index in [2.05, 4.69) is 12.2 Å². The number of carboxylic acid groups (broad SMARTS) is 1. The van der Waals surface area contributed by atoms with Gasteiger partial charge < -0.3 is 21.1 Å². The van der Waals surface area contributed by atoms with Crippen molar-refractivity contribution in [3.05, 3.63) is 0 Å². The number of carbonyl (C=O) groups excluding carboxylic acids is 2. The highest BCUT2D eigenvalue weighted by Gasteiger charge is 2.34. The minimum Gasteiger partial charge on any atom is -0.480 e. The number of carboxylic acids is 1. The predicted octanol–water partition coefficient (Wildman–Crippen LogP) is -0.388. The summed E-state index contributed by atoms with van der Waals surface area (Å²) in [4.78, 5) is 34.7. The first kappa shape index (κ1) is 14.3. The third-order valence-electron chi connectivity index (χ3n) is 3.13. The number of carbonyl (C=O) groups is 3. The van der Waals surface area contributed by atoms with Gasteiger partial charge in [0, 0.05) is 13.6 Å². The lowest BCUT2D eigenvalue weighted by Gasteiger charge is -2.20. The number of amides is 3. The van der Waals surface area contributed by atoms with Gasteiger partial charge in [-0.05, 0) is 18.3 Å². The molecule has 0 aliphatic heterocycles. The lowest BCUT2D eigenvalue weighted by Crippen LogP contribution is -2.48. The molecule has 7 heteroatoms. The van der Waals surface area contributed by atoms with Crippen LogP contribution in [0.5, 0.6) is 0 Å². The summed E-state index contributed by atoms with van der Waals surface area (Å²) in [5.41, 5.74) is 4.92. The molecule has 1 aliphatic carbocycles. The minimum atomic E-state index is -1.27. The first-order valence-corrected chi connectivity index (χ1v) is 5.84. The highest BCUT2D eigenvalue weighted by molar-refractivity contribution is 5.87. The molecule has 102 valence electrons. The Labute approximate surface area is 105 Å².